The van der Waals surface area contributed by atoms with E-state index in [1.54, 1.807) is 30.4 Å². The molecule has 1 fully saturated rings. The number of pyridine rings is 2. The maximum Gasteiger partial charge on any atom is 0.245 e. The average Bonchev–Trinajstić information content (AvgIpc) is 3.49. The zero-order valence-electron chi connectivity index (χ0n) is 23.0. The van der Waals surface area contributed by atoms with Crippen molar-refractivity contribution in [1.82, 2.24) is 14.9 Å². The Morgan fingerprint density at radius 2 is 1.90 bits per heavy atom. The third-order valence-corrected chi connectivity index (χ3v) is 8.93. The molecule has 3 aliphatic rings. The average molecular weight is 573 g/mol. The van der Waals surface area contributed by atoms with Gasteiger partial charge in [0, 0.05) is 30.6 Å². The normalized spacial score (nSPS) is 20.9. The first-order valence-corrected chi connectivity index (χ1v) is 14.4. The van der Waals surface area contributed by atoms with Crippen molar-refractivity contribution in [2.45, 2.75) is 55.9 Å². The largest absolute Gasteiger partial charge is 0.394 e. The molecule has 3 aromatic rings. The molecule has 3 heterocycles. The molecule has 10 heteroatoms. The van der Waals surface area contributed by atoms with Crippen molar-refractivity contribution in [2.75, 3.05) is 30.8 Å². The third-order valence-electron chi connectivity index (χ3n) is 8.60. The molecule has 2 amide bonds. The van der Waals surface area contributed by atoms with Crippen LogP contribution in [-0.4, -0.2) is 63.4 Å². The summed E-state index contributed by atoms with van der Waals surface area (Å²) in [6.07, 6.45) is 9.18. The highest BCUT2D eigenvalue weighted by atomic mass is 35.5. The minimum atomic E-state index is -0.696. The fourth-order valence-corrected chi connectivity index (χ4v) is 6.65. The molecular formula is C31H33ClN6O3. The minimum absolute atomic E-state index is 0.00964. The van der Waals surface area contributed by atoms with Crippen LogP contribution in [0.3, 0.4) is 0 Å². The van der Waals surface area contributed by atoms with Crippen molar-refractivity contribution in [3.63, 3.8) is 0 Å². The summed E-state index contributed by atoms with van der Waals surface area (Å²) in [5.41, 5.74) is 2.30. The first kappa shape index (κ1) is 27.4. The fourth-order valence-electron chi connectivity index (χ4n) is 6.43. The summed E-state index contributed by atoms with van der Waals surface area (Å²) < 4.78 is 0. The van der Waals surface area contributed by atoms with Crippen molar-refractivity contribution in [3.8, 4) is 0 Å². The second-order valence-corrected chi connectivity index (χ2v) is 11.8. The molecule has 2 aliphatic carbocycles. The van der Waals surface area contributed by atoms with Crippen LogP contribution in [0.25, 0.3) is 0 Å². The molecule has 9 nitrogen and oxygen atoms in total. The number of aliphatic imine (C=N–C) groups is 1. The number of amides is 2. The standard InChI is InChI=1S/C31H33ClN6O3/c1-38(28(22-8-3-4-10-24(22)32)37-30(19-39)11-5-2-6-12-30)18-26(40)35-25-14-20-15-31(16-21(20)17-34-25)23-9-7-13-33-27(23)36-29(31)41/h3-4,7-10,13-14,17,39H,2,5-6,11-12,15-16,18-19H2,1H3,(H,33,36,41)(H,34,35,40). The number of carbonyl (C=O) groups is 2. The van der Waals surface area contributed by atoms with Crippen molar-refractivity contribution in [1.29, 1.82) is 0 Å². The van der Waals surface area contributed by atoms with Gasteiger partial charge in [0.1, 0.15) is 17.5 Å². The van der Waals surface area contributed by atoms with Gasteiger partial charge in [-0.15, -0.1) is 0 Å². The lowest BCUT2D eigenvalue weighted by Crippen LogP contribution is -2.41. The van der Waals surface area contributed by atoms with Gasteiger partial charge in [0.05, 0.1) is 29.1 Å². The molecule has 1 saturated carbocycles. The van der Waals surface area contributed by atoms with Gasteiger partial charge in [0.2, 0.25) is 11.8 Å². The Hall–Kier alpha value is -3.82. The van der Waals surface area contributed by atoms with E-state index in [1.165, 1.54) is 0 Å². The van der Waals surface area contributed by atoms with Crippen LogP contribution in [-0.2, 0) is 27.8 Å². The monoisotopic (exact) mass is 572 g/mol. The van der Waals surface area contributed by atoms with Gasteiger partial charge in [-0.05, 0) is 61.1 Å². The summed E-state index contributed by atoms with van der Waals surface area (Å²) in [6.45, 7) is -0.0458. The van der Waals surface area contributed by atoms with E-state index in [0.717, 1.165) is 48.8 Å². The van der Waals surface area contributed by atoms with Crippen LogP contribution in [0.15, 0.2) is 59.9 Å². The minimum Gasteiger partial charge on any atom is -0.394 e. The van der Waals surface area contributed by atoms with Crippen LogP contribution in [0.5, 0.6) is 0 Å². The summed E-state index contributed by atoms with van der Waals surface area (Å²) in [7, 11) is 1.81. The Bertz CT molecular complexity index is 1540. The van der Waals surface area contributed by atoms with Crippen LogP contribution in [0.1, 0.15) is 54.4 Å². The van der Waals surface area contributed by atoms with E-state index in [9.17, 15) is 14.7 Å². The maximum atomic E-state index is 13.2. The molecule has 2 aromatic heterocycles. The maximum absolute atomic E-state index is 13.2. The predicted octanol–water partition coefficient (Wildman–Crippen LogP) is 4.13. The number of nitrogens with one attached hydrogen (secondary N) is 2. The Balaban J connectivity index is 1.20. The number of amidine groups is 1. The van der Waals surface area contributed by atoms with Gasteiger partial charge in [0.15, 0.2) is 0 Å². The van der Waals surface area contributed by atoms with Gasteiger partial charge in [-0.1, -0.05) is 49.1 Å². The second-order valence-electron chi connectivity index (χ2n) is 11.4. The topological polar surface area (TPSA) is 120 Å². The van der Waals surface area contributed by atoms with Gasteiger partial charge >= 0.3 is 0 Å². The zero-order chi connectivity index (χ0) is 28.6. The third kappa shape index (κ3) is 5.08. The molecule has 1 spiro atoms. The van der Waals surface area contributed by atoms with Crippen LogP contribution in [0.2, 0.25) is 5.02 Å². The number of aliphatic hydroxyl groups excluding tert-OH is 1. The summed E-state index contributed by atoms with van der Waals surface area (Å²) in [4.78, 5) is 41.9. The summed E-state index contributed by atoms with van der Waals surface area (Å²) >= 11 is 6.57. The molecule has 3 N–H and O–H groups in total. The molecule has 0 bridgehead atoms. The SMILES string of the molecule is CN(CC(=O)Nc1cc2c(cn1)CC1(C2)C(=O)Nc2ncccc21)C(=NC1(CO)CCCCC1)c1ccccc1Cl. The number of likely N-dealkylation sites (N-methyl/N-ethyl adjacent to an activating group) is 1. The van der Waals surface area contributed by atoms with Gasteiger partial charge in [-0.3, -0.25) is 14.6 Å². The number of anilines is 2. The lowest BCUT2D eigenvalue weighted by Gasteiger charge is -2.34. The van der Waals surface area contributed by atoms with Gasteiger partial charge in [-0.2, -0.15) is 0 Å². The Labute approximate surface area is 244 Å². The smallest absolute Gasteiger partial charge is 0.245 e. The van der Waals surface area contributed by atoms with E-state index >= 15 is 0 Å². The number of aliphatic hydroxyl groups is 1. The highest BCUT2D eigenvalue weighted by Gasteiger charge is 2.51. The number of benzene rings is 1. The summed E-state index contributed by atoms with van der Waals surface area (Å²) in [5, 5.41) is 16.7. The molecule has 0 saturated heterocycles. The molecule has 6 rings (SSSR count). The van der Waals surface area contributed by atoms with Crippen LogP contribution < -0.4 is 10.6 Å². The number of fused-ring (bicyclic) bond motifs is 3. The molecule has 1 aliphatic heterocycles. The first-order valence-electron chi connectivity index (χ1n) is 14.0. The number of carbonyl (C=O) groups excluding carboxylic acids is 2. The highest BCUT2D eigenvalue weighted by molar-refractivity contribution is 6.34. The molecule has 212 valence electrons. The quantitative estimate of drug-likeness (QED) is 0.302. The van der Waals surface area contributed by atoms with E-state index in [1.807, 2.05) is 36.4 Å². The molecule has 1 aromatic carbocycles. The molecule has 41 heavy (non-hydrogen) atoms. The Morgan fingerprint density at radius 1 is 1.12 bits per heavy atom. The van der Waals surface area contributed by atoms with Crippen molar-refractivity contribution < 1.29 is 14.7 Å². The number of nitrogens with zero attached hydrogens (tertiary/aromatic N) is 4. The van der Waals surface area contributed by atoms with Gasteiger partial charge < -0.3 is 20.6 Å². The molecule has 1 atom stereocenters. The summed E-state index contributed by atoms with van der Waals surface area (Å²) in [6, 6.07) is 13.1. The van der Waals surface area contributed by atoms with E-state index in [2.05, 4.69) is 20.6 Å². The molecule has 1 unspecified atom stereocenters. The molecular weight excluding hydrogens is 540 g/mol. The second kappa shape index (κ2) is 10.9. The number of hydrogen-bond donors (Lipinski definition) is 3. The number of aromatic nitrogens is 2. The van der Waals surface area contributed by atoms with E-state index < -0.39 is 11.0 Å². The Morgan fingerprint density at radius 3 is 2.68 bits per heavy atom. The van der Waals surface area contributed by atoms with E-state index in [4.69, 9.17) is 16.6 Å². The van der Waals surface area contributed by atoms with Crippen LogP contribution >= 0.6 is 11.6 Å². The summed E-state index contributed by atoms with van der Waals surface area (Å²) in [5.74, 6) is 1.30. The van der Waals surface area contributed by atoms with Crippen molar-refractivity contribution in [2.24, 2.45) is 4.99 Å². The number of halogens is 1. The Kier molecular flexibility index (Phi) is 7.25. The van der Waals surface area contributed by atoms with E-state index in [0.29, 0.717) is 40.9 Å². The van der Waals surface area contributed by atoms with Crippen molar-refractivity contribution in [3.05, 3.63) is 82.1 Å². The van der Waals surface area contributed by atoms with Crippen molar-refractivity contribution >= 4 is 40.9 Å². The van der Waals surface area contributed by atoms with Crippen LogP contribution in [0, 0.1) is 0 Å². The highest BCUT2D eigenvalue weighted by Crippen LogP contribution is 2.46. The van der Waals surface area contributed by atoms with Gasteiger partial charge in [0.25, 0.3) is 0 Å². The van der Waals surface area contributed by atoms with E-state index in [-0.39, 0.29) is 25.0 Å². The lowest BCUT2D eigenvalue weighted by atomic mass is 9.79. The molecule has 0 radical (unpaired) electrons. The first-order chi connectivity index (χ1) is 19.8. The predicted molar refractivity (Wildman–Crippen MR) is 158 cm³/mol. The zero-order valence-corrected chi connectivity index (χ0v) is 23.7. The van der Waals surface area contributed by atoms with Gasteiger partial charge in [-0.25, -0.2) is 9.97 Å². The lowest BCUT2D eigenvalue weighted by molar-refractivity contribution is -0.120. The number of rotatable bonds is 6. The fraction of sp³-hybridized carbons (Fsp3) is 0.387. The number of hydrogen-bond acceptors (Lipinski definition) is 6. The van der Waals surface area contributed by atoms with Crippen LogP contribution in [0.4, 0.5) is 11.6 Å².